The summed E-state index contributed by atoms with van der Waals surface area (Å²) in [4.78, 5) is 4.19. The van der Waals surface area contributed by atoms with E-state index in [1.165, 1.54) is 6.26 Å². The van der Waals surface area contributed by atoms with E-state index in [0.717, 1.165) is 0 Å². The molecule has 5 heteroatoms. The molecule has 2 aromatic rings. The van der Waals surface area contributed by atoms with Crippen LogP contribution in [-0.2, 0) is 6.42 Å². The van der Waals surface area contributed by atoms with Crippen molar-refractivity contribution in [3.63, 3.8) is 0 Å². The predicted molar refractivity (Wildman–Crippen MR) is 57.3 cm³/mol. The molecular formula is C10H10BrNO3. The van der Waals surface area contributed by atoms with Crippen LogP contribution in [0.2, 0.25) is 0 Å². The second-order valence-electron chi connectivity index (χ2n) is 3.30. The Morgan fingerprint density at radius 2 is 2.33 bits per heavy atom. The topological polar surface area (TPSA) is 59.4 Å². The minimum absolute atomic E-state index is 0.425. The van der Waals surface area contributed by atoms with Crippen molar-refractivity contribution in [2.75, 3.05) is 0 Å². The van der Waals surface area contributed by atoms with Crippen LogP contribution in [0.25, 0.3) is 11.7 Å². The summed E-state index contributed by atoms with van der Waals surface area (Å²) in [5, 5.41) is 9.18. The SMILES string of the molecule is CC(O)Cc1coc(-c2ccc(Br)o2)n1. The molecule has 0 bridgehead atoms. The van der Waals surface area contributed by atoms with Crippen molar-refractivity contribution in [1.29, 1.82) is 0 Å². The van der Waals surface area contributed by atoms with Gasteiger partial charge >= 0.3 is 0 Å². The second-order valence-corrected chi connectivity index (χ2v) is 4.08. The Bertz CT molecular complexity index is 447. The highest BCUT2D eigenvalue weighted by Crippen LogP contribution is 2.24. The minimum Gasteiger partial charge on any atom is -0.444 e. The summed E-state index contributed by atoms with van der Waals surface area (Å²) >= 11 is 3.20. The fraction of sp³-hybridized carbons (Fsp3) is 0.300. The zero-order chi connectivity index (χ0) is 10.8. The molecule has 0 aliphatic carbocycles. The number of furan rings is 1. The van der Waals surface area contributed by atoms with Gasteiger partial charge in [0.1, 0.15) is 6.26 Å². The molecule has 1 atom stereocenters. The molecule has 1 unspecified atom stereocenters. The van der Waals surface area contributed by atoms with Crippen LogP contribution in [0.4, 0.5) is 0 Å². The first-order chi connectivity index (χ1) is 7.15. The maximum Gasteiger partial charge on any atom is 0.263 e. The van der Waals surface area contributed by atoms with E-state index in [4.69, 9.17) is 8.83 Å². The van der Waals surface area contributed by atoms with Gasteiger partial charge in [0, 0.05) is 6.42 Å². The summed E-state index contributed by atoms with van der Waals surface area (Å²) in [6.07, 6.45) is 1.58. The maximum atomic E-state index is 9.18. The van der Waals surface area contributed by atoms with Gasteiger partial charge in [-0.3, -0.25) is 0 Å². The normalized spacial score (nSPS) is 13.0. The Morgan fingerprint density at radius 3 is 2.93 bits per heavy atom. The lowest BCUT2D eigenvalue weighted by molar-refractivity contribution is 0.194. The third-order valence-corrected chi connectivity index (χ3v) is 2.27. The Morgan fingerprint density at radius 1 is 1.53 bits per heavy atom. The summed E-state index contributed by atoms with van der Waals surface area (Å²) < 4.78 is 11.1. The smallest absolute Gasteiger partial charge is 0.263 e. The van der Waals surface area contributed by atoms with Crippen molar-refractivity contribution < 1.29 is 13.9 Å². The first-order valence-corrected chi connectivity index (χ1v) is 5.32. The molecule has 0 radical (unpaired) electrons. The molecule has 0 amide bonds. The molecule has 0 saturated heterocycles. The van der Waals surface area contributed by atoms with Crippen LogP contribution in [0.5, 0.6) is 0 Å². The molecule has 2 rings (SSSR count). The highest BCUT2D eigenvalue weighted by molar-refractivity contribution is 9.10. The van der Waals surface area contributed by atoms with Crippen molar-refractivity contribution in [3.8, 4) is 11.7 Å². The third kappa shape index (κ3) is 2.49. The number of halogens is 1. The largest absolute Gasteiger partial charge is 0.444 e. The van der Waals surface area contributed by atoms with E-state index in [-0.39, 0.29) is 0 Å². The Hall–Kier alpha value is -1.07. The summed E-state index contributed by atoms with van der Waals surface area (Å²) in [7, 11) is 0. The third-order valence-electron chi connectivity index (χ3n) is 1.84. The lowest BCUT2D eigenvalue weighted by Crippen LogP contribution is -2.04. The van der Waals surface area contributed by atoms with E-state index in [1.54, 1.807) is 19.1 Å². The molecule has 2 aromatic heterocycles. The molecule has 4 nitrogen and oxygen atoms in total. The standard InChI is InChI=1S/C10H10BrNO3/c1-6(13)4-7-5-14-10(12-7)8-2-3-9(11)15-8/h2-3,5-6,13H,4H2,1H3. The molecule has 1 N–H and O–H groups in total. The van der Waals surface area contributed by atoms with Gasteiger partial charge in [-0.05, 0) is 35.0 Å². The van der Waals surface area contributed by atoms with E-state index in [2.05, 4.69) is 20.9 Å². The molecule has 0 aliphatic heterocycles. The lowest BCUT2D eigenvalue weighted by atomic mass is 10.2. The van der Waals surface area contributed by atoms with Crippen molar-refractivity contribution in [2.45, 2.75) is 19.4 Å². The van der Waals surface area contributed by atoms with Gasteiger partial charge in [-0.2, -0.15) is 0 Å². The molecule has 0 fully saturated rings. The molecule has 2 heterocycles. The number of rotatable bonds is 3. The monoisotopic (exact) mass is 271 g/mol. The first-order valence-electron chi connectivity index (χ1n) is 4.53. The lowest BCUT2D eigenvalue weighted by Gasteiger charge is -1.96. The van der Waals surface area contributed by atoms with Gasteiger partial charge in [-0.15, -0.1) is 0 Å². The van der Waals surface area contributed by atoms with Crippen molar-refractivity contribution >= 4 is 15.9 Å². The number of hydrogen-bond donors (Lipinski definition) is 1. The first kappa shape index (κ1) is 10.4. The zero-order valence-corrected chi connectivity index (χ0v) is 9.69. The van der Waals surface area contributed by atoms with Crippen molar-refractivity contribution in [2.24, 2.45) is 0 Å². The van der Waals surface area contributed by atoms with Crippen LogP contribution in [0.3, 0.4) is 0 Å². The van der Waals surface area contributed by atoms with Gasteiger partial charge < -0.3 is 13.9 Å². The van der Waals surface area contributed by atoms with Crippen LogP contribution < -0.4 is 0 Å². The summed E-state index contributed by atoms with van der Waals surface area (Å²) in [5.74, 6) is 0.995. The fourth-order valence-corrected chi connectivity index (χ4v) is 1.55. The number of hydrogen-bond acceptors (Lipinski definition) is 4. The van der Waals surface area contributed by atoms with Crippen molar-refractivity contribution in [3.05, 3.63) is 28.8 Å². The number of oxazole rings is 1. The number of aliphatic hydroxyl groups is 1. The molecular weight excluding hydrogens is 262 g/mol. The van der Waals surface area contributed by atoms with Gasteiger partial charge in [-0.1, -0.05) is 0 Å². The van der Waals surface area contributed by atoms with E-state index < -0.39 is 6.10 Å². The van der Waals surface area contributed by atoms with E-state index in [0.29, 0.717) is 28.4 Å². The van der Waals surface area contributed by atoms with Gasteiger partial charge in [0.25, 0.3) is 5.89 Å². The van der Waals surface area contributed by atoms with Crippen LogP contribution >= 0.6 is 15.9 Å². The van der Waals surface area contributed by atoms with Gasteiger partial charge in [0.15, 0.2) is 10.4 Å². The van der Waals surface area contributed by atoms with Crippen LogP contribution in [0, 0.1) is 0 Å². The Balaban J connectivity index is 2.20. The van der Waals surface area contributed by atoms with Gasteiger partial charge in [-0.25, -0.2) is 4.98 Å². The van der Waals surface area contributed by atoms with Crippen LogP contribution in [-0.4, -0.2) is 16.2 Å². The fourth-order valence-electron chi connectivity index (χ4n) is 1.25. The van der Waals surface area contributed by atoms with Crippen molar-refractivity contribution in [1.82, 2.24) is 4.98 Å². The number of nitrogens with zero attached hydrogens (tertiary/aromatic N) is 1. The number of aromatic nitrogens is 1. The molecule has 0 aliphatic rings. The van der Waals surface area contributed by atoms with E-state index in [1.807, 2.05) is 0 Å². The second kappa shape index (κ2) is 4.20. The quantitative estimate of drug-likeness (QED) is 0.933. The Labute approximate surface area is 95.1 Å². The summed E-state index contributed by atoms with van der Waals surface area (Å²) in [5.41, 5.74) is 0.715. The summed E-state index contributed by atoms with van der Waals surface area (Å²) in [6, 6.07) is 3.54. The van der Waals surface area contributed by atoms with Gasteiger partial charge in [0.2, 0.25) is 0 Å². The molecule has 0 spiro atoms. The highest BCUT2D eigenvalue weighted by Gasteiger charge is 2.11. The zero-order valence-electron chi connectivity index (χ0n) is 8.11. The van der Waals surface area contributed by atoms with E-state index >= 15 is 0 Å². The van der Waals surface area contributed by atoms with Crippen LogP contribution in [0.15, 0.2) is 31.9 Å². The highest BCUT2D eigenvalue weighted by atomic mass is 79.9. The number of aliphatic hydroxyl groups excluding tert-OH is 1. The predicted octanol–water partition coefficient (Wildman–Crippen LogP) is 2.62. The average molecular weight is 272 g/mol. The minimum atomic E-state index is -0.425. The summed E-state index contributed by atoms with van der Waals surface area (Å²) in [6.45, 7) is 1.71. The molecule has 0 saturated carbocycles. The maximum absolute atomic E-state index is 9.18. The molecule has 0 aromatic carbocycles. The average Bonchev–Trinajstić information content (AvgIpc) is 2.72. The van der Waals surface area contributed by atoms with Crippen LogP contribution in [0.1, 0.15) is 12.6 Å². The molecule has 80 valence electrons. The Kier molecular flexibility index (Phi) is 2.93. The van der Waals surface area contributed by atoms with E-state index in [9.17, 15) is 5.11 Å². The van der Waals surface area contributed by atoms with Gasteiger partial charge in [0.05, 0.1) is 11.8 Å². The molecule has 15 heavy (non-hydrogen) atoms.